The Labute approximate surface area is 110 Å². The Morgan fingerprint density at radius 3 is 2.83 bits per heavy atom. The van der Waals surface area contributed by atoms with Gasteiger partial charge in [-0.15, -0.1) is 0 Å². The van der Waals surface area contributed by atoms with Crippen LogP contribution in [0.2, 0.25) is 0 Å². The summed E-state index contributed by atoms with van der Waals surface area (Å²) < 4.78 is 0. The highest BCUT2D eigenvalue weighted by molar-refractivity contribution is 5.55. The van der Waals surface area contributed by atoms with Crippen molar-refractivity contribution in [1.29, 1.82) is 0 Å². The van der Waals surface area contributed by atoms with E-state index in [9.17, 15) is 5.11 Å². The van der Waals surface area contributed by atoms with Crippen LogP contribution in [0.15, 0.2) is 24.3 Å². The molecule has 1 aromatic rings. The molecule has 1 unspecified atom stereocenters. The van der Waals surface area contributed by atoms with Crippen LogP contribution < -0.4 is 10.6 Å². The van der Waals surface area contributed by atoms with Crippen molar-refractivity contribution in [2.24, 2.45) is 5.73 Å². The Bertz CT molecular complexity index is 379. The topological polar surface area (TPSA) is 49.5 Å². The second-order valence-electron chi connectivity index (χ2n) is 5.23. The van der Waals surface area contributed by atoms with Gasteiger partial charge < -0.3 is 15.7 Å². The van der Waals surface area contributed by atoms with Crippen molar-refractivity contribution >= 4 is 5.69 Å². The lowest BCUT2D eigenvalue weighted by Gasteiger charge is -2.33. The summed E-state index contributed by atoms with van der Waals surface area (Å²) in [6.07, 6.45) is 4.74. The van der Waals surface area contributed by atoms with E-state index in [1.165, 1.54) is 30.5 Å². The van der Waals surface area contributed by atoms with Crippen molar-refractivity contribution in [3.8, 4) is 0 Å². The molecule has 0 radical (unpaired) electrons. The van der Waals surface area contributed by atoms with Crippen LogP contribution in [0.25, 0.3) is 0 Å². The van der Waals surface area contributed by atoms with Crippen molar-refractivity contribution < 1.29 is 5.11 Å². The van der Waals surface area contributed by atoms with Gasteiger partial charge in [0, 0.05) is 18.3 Å². The van der Waals surface area contributed by atoms with E-state index in [-0.39, 0.29) is 18.7 Å². The highest BCUT2D eigenvalue weighted by Crippen LogP contribution is 2.29. The number of nitrogens with two attached hydrogens (primary N) is 1. The summed E-state index contributed by atoms with van der Waals surface area (Å²) in [6, 6.07) is 8.59. The number of para-hydroxylation sites is 1. The molecule has 3 heteroatoms. The summed E-state index contributed by atoms with van der Waals surface area (Å²) >= 11 is 0. The van der Waals surface area contributed by atoms with E-state index < -0.39 is 0 Å². The smallest absolute Gasteiger partial charge is 0.0635 e. The minimum atomic E-state index is 0.0313. The third-order valence-electron chi connectivity index (χ3n) is 3.82. The molecule has 0 amide bonds. The molecule has 0 aliphatic carbocycles. The standard InChI is InChI=1S/C15H24N2O/c1-12(16)14-8-4-5-9-15(14)17-10-6-2-3-7-13(17)11-18/h4-5,8-9,12-13,18H,2-3,6-7,10-11,16H2,1H3/t12-,13?/m1/s1. The molecular formula is C15H24N2O. The van der Waals surface area contributed by atoms with Crippen molar-refractivity contribution in [3.63, 3.8) is 0 Å². The second-order valence-corrected chi connectivity index (χ2v) is 5.23. The largest absolute Gasteiger partial charge is 0.394 e. The van der Waals surface area contributed by atoms with Crippen LogP contribution in [-0.4, -0.2) is 24.3 Å². The molecule has 3 N–H and O–H groups in total. The van der Waals surface area contributed by atoms with Gasteiger partial charge in [-0.05, 0) is 31.4 Å². The molecule has 18 heavy (non-hydrogen) atoms. The molecule has 100 valence electrons. The van der Waals surface area contributed by atoms with Gasteiger partial charge in [0.25, 0.3) is 0 Å². The first-order valence-corrected chi connectivity index (χ1v) is 6.96. The van der Waals surface area contributed by atoms with Gasteiger partial charge in [0.05, 0.1) is 12.6 Å². The summed E-state index contributed by atoms with van der Waals surface area (Å²) in [7, 11) is 0. The van der Waals surface area contributed by atoms with Crippen molar-refractivity contribution in [3.05, 3.63) is 29.8 Å². The van der Waals surface area contributed by atoms with Gasteiger partial charge in [-0.25, -0.2) is 0 Å². The summed E-state index contributed by atoms with van der Waals surface area (Å²) in [5.41, 5.74) is 8.44. The lowest BCUT2D eigenvalue weighted by Crippen LogP contribution is -2.38. The fourth-order valence-corrected chi connectivity index (χ4v) is 2.82. The first-order valence-electron chi connectivity index (χ1n) is 6.96. The number of hydrogen-bond acceptors (Lipinski definition) is 3. The average molecular weight is 248 g/mol. The SMILES string of the molecule is C[C@@H](N)c1ccccc1N1CCCCCC1CO. The van der Waals surface area contributed by atoms with E-state index in [1.54, 1.807) is 0 Å². The molecule has 0 saturated carbocycles. The Hall–Kier alpha value is -1.06. The molecular weight excluding hydrogens is 224 g/mol. The second kappa shape index (κ2) is 6.21. The highest BCUT2D eigenvalue weighted by atomic mass is 16.3. The third kappa shape index (κ3) is 2.85. The molecule has 1 aromatic carbocycles. The van der Waals surface area contributed by atoms with E-state index in [4.69, 9.17) is 5.73 Å². The normalized spacial score (nSPS) is 22.6. The Morgan fingerprint density at radius 2 is 2.11 bits per heavy atom. The first kappa shape index (κ1) is 13.4. The van der Waals surface area contributed by atoms with Crippen LogP contribution in [0.1, 0.15) is 44.2 Å². The van der Waals surface area contributed by atoms with Gasteiger partial charge in [-0.2, -0.15) is 0 Å². The monoisotopic (exact) mass is 248 g/mol. The van der Waals surface area contributed by atoms with E-state index in [1.807, 2.05) is 13.0 Å². The molecule has 2 atom stereocenters. The zero-order valence-electron chi connectivity index (χ0n) is 11.2. The first-order chi connectivity index (χ1) is 8.74. The highest BCUT2D eigenvalue weighted by Gasteiger charge is 2.22. The zero-order valence-corrected chi connectivity index (χ0v) is 11.2. The number of benzene rings is 1. The quantitative estimate of drug-likeness (QED) is 0.864. The Morgan fingerprint density at radius 1 is 1.33 bits per heavy atom. The van der Waals surface area contributed by atoms with Gasteiger partial charge in [-0.3, -0.25) is 0 Å². The third-order valence-corrected chi connectivity index (χ3v) is 3.82. The molecule has 1 aliphatic rings. The Kier molecular flexibility index (Phi) is 4.61. The minimum Gasteiger partial charge on any atom is -0.394 e. The van der Waals surface area contributed by atoms with Crippen LogP contribution >= 0.6 is 0 Å². The molecule has 0 aromatic heterocycles. The summed E-state index contributed by atoms with van der Waals surface area (Å²) in [5, 5.41) is 9.60. The maximum Gasteiger partial charge on any atom is 0.0635 e. The fraction of sp³-hybridized carbons (Fsp3) is 0.600. The molecule has 0 spiro atoms. The van der Waals surface area contributed by atoms with Crippen LogP contribution in [0.3, 0.4) is 0 Å². The van der Waals surface area contributed by atoms with Crippen LogP contribution in [0, 0.1) is 0 Å². The maximum absolute atomic E-state index is 9.60. The number of aliphatic hydroxyl groups excluding tert-OH is 1. The molecule has 1 saturated heterocycles. The van der Waals surface area contributed by atoms with Gasteiger partial charge in [0.1, 0.15) is 0 Å². The maximum atomic E-state index is 9.60. The molecule has 3 nitrogen and oxygen atoms in total. The van der Waals surface area contributed by atoms with Gasteiger partial charge in [-0.1, -0.05) is 31.0 Å². The minimum absolute atomic E-state index is 0.0313. The summed E-state index contributed by atoms with van der Waals surface area (Å²) in [5.74, 6) is 0. The van der Waals surface area contributed by atoms with Crippen LogP contribution in [0.4, 0.5) is 5.69 Å². The number of rotatable bonds is 3. The molecule has 1 aliphatic heterocycles. The van der Waals surface area contributed by atoms with E-state index in [0.717, 1.165) is 13.0 Å². The zero-order chi connectivity index (χ0) is 13.0. The lowest BCUT2D eigenvalue weighted by molar-refractivity contribution is 0.255. The average Bonchev–Trinajstić information content (AvgIpc) is 2.63. The molecule has 2 rings (SSSR count). The molecule has 1 fully saturated rings. The fourth-order valence-electron chi connectivity index (χ4n) is 2.82. The number of nitrogens with zero attached hydrogens (tertiary/aromatic N) is 1. The van der Waals surface area contributed by atoms with Crippen molar-refractivity contribution in [2.75, 3.05) is 18.1 Å². The molecule has 1 heterocycles. The van der Waals surface area contributed by atoms with E-state index in [2.05, 4.69) is 23.1 Å². The number of anilines is 1. The van der Waals surface area contributed by atoms with E-state index in [0.29, 0.717) is 0 Å². The predicted octanol–water partition coefficient (Wildman–Crippen LogP) is 2.45. The van der Waals surface area contributed by atoms with Gasteiger partial charge >= 0.3 is 0 Å². The predicted molar refractivity (Wildman–Crippen MR) is 75.7 cm³/mol. The molecule has 0 bridgehead atoms. The van der Waals surface area contributed by atoms with Crippen molar-refractivity contribution in [2.45, 2.75) is 44.7 Å². The summed E-state index contributed by atoms with van der Waals surface area (Å²) in [6.45, 7) is 3.27. The Balaban J connectivity index is 2.32. The van der Waals surface area contributed by atoms with Crippen molar-refractivity contribution in [1.82, 2.24) is 0 Å². The van der Waals surface area contributed by atoms with Crippen LogP contribution in [-0.2, 0) is 0 Å². The number of hydrogen-bond donors (Lipinski definition) is 2. The summed E-state index contributed by atoms with van der Waals surface area (Å²) in [4.78, 5) is 2.35. The lowest BCUT2D eigenvalue weighted by atomic mass is 10.0. The van der Waals surface area contributed by atoms with Gasteiger partial charge in [0.15, 0.2) is 0 Å². The van der Waals surface area contributed by atoms with Gasteiger partial charge in [0.2, 0.25) is 0 Å². The number of aliphatic hydroxyl groups is 1. The van der Waals surface area contributed by atoms with E-state index >= 15 is 0 Å². The van der Waals surface area contributed by atoms with Crippen LogP contribution in [0.5, 0.6) is 0 Å².